The molecule has 0 bridgehead atoms. The Morgan fingerprint density at radius 2 is 1.79 bits per heavy atom. The minimum atomic E-state index is -4.27. The van der Waals surface area contributed by atoms with Crippen molar-refractivity contribution in [2.45, 2.75) is 19.5 Å². The van der Waals surface area contributed by atoms with Gasteiger partial charge in [0.2, 0.25) is 0 Å². The van der Waals surface area contributed by atoms with Crippen LogP contribution in [0.4, 0.5) is 18.9 Å². The number of halogens is 3. The van der Waals surface area contributed by atoms with Gasteiger partial charge in [0.05, 0.1) is 5.56 Å². The molecule has 134 valence electrons. The van der Waals surface area contributed by atoms with E-state index in [0.29, 0.717) is 5.69 Å². The highest BCUT2D eigenvalue weighted by atomic mass is 19.4. The molecule has 2 aliphatic heterocycles. The van der Waals surface area contributed by atoms with Crippen molar-refractivity contribution in [3.8, 4) is 0 Å². The highest BCUT2D eigenvalue weighted by Gasteiger charge is 2.31. The number of likely N-dealkylation sites (tertiary alicyclic amines) is 1. The molecule has 0 N–H and O–H groups in total. The van der Waals surface area contributed by atoms with Gasteiger partial charge in [-0.1, -0.05) is 13.0 Å². The Kier molecular flexibility index (Phi) is 5.35. The Balaban J connectivity index is 1.52. The lowest BCUT2D eigenvalue weighted by atomic mass is 10.1. The van der Waals surface area contributed by atoms with Gasteiger partial charge < -0.3 is 9.80 Å². The van der Waals surface area contributed by atoms with Crippen LogP contribution < -0.4 is 4.90 Å². The highest BCUT2D eigenvalue weighted by Crippen LogP contribution is 2.32. The summed E-state index contributed by atoms with van der Waals surface area (Å²) in [5.74, 6) is 0.741. The van der Waals surface area contributed by atoms with E-state index in [1.165, 1.54) is 31.6 Å². The summed E-state index contributed by atoms with van der Waals surface area (Å²) in [5, 5.41) is 0. The Labute approximate surface area is 142 Å². The second-order valence-electron chi connectivity index (χ2n) is 6.88. The number of alkyl halides is 3. The average Bonchev–Trinajstić information content (AvgIpc) is 3.02. The molecule has 0 aliphatic carbocycles. The smallest absolute Gasteiger partial charge is 0.369 e. The molecule has 0 spiro atoms. The van der Waals surface area contributed by atoms with E-state index in [9.17, 15) is 13.2 Å². The summed E-state index contributed by atoms with van der Waals surface area (Å²) in [6.07, 6.45) is -3.01. The highest BCUT2D eigenvalue weighted by molar-refractivity contribution is 5.49. The van der Waals surface area contributed by atoms with Gasteiger partial charge in [0.1, 0.15) is 0 Å². The SMILES string of the molecule is CCN1CCC(CN2CCN(c3cccc(C(F)(F)F)c3)CC2)C1. The maximum Gasteiger partial charge on any atom is 0.416 e. The standard InChI is InChI=1S/C18H26F3N3/c1-2-22-7-6-15(13-22)14-23-8-10-24(11-9-23)17-5-3-4-16(12-17)18(19,20)21/h3-5,12,15H,2,6-11,13-14H2,1H3. The van der Waals surface area contributed by atoms with Crippen LogP contribution in [0.15, 0.2) is 24.3 Å². The third-order valence-electron chi connectivity index (χ3n) is 5.24. The molecule has 3 nitrogen and oxygen atoms in total. The van der Waals surface area contributed by atoms with Crippen LogP contribution in [-0.4, -0.2) is 62.2 Å². The molecular weight excluding hydrogens is 315 g/mol. The Hall–Kier alpha value is -1.27. The van der Waals surface area contributed by atoms with E-state index in [1.807, 2.05) is 0 Å². The summed E-state index contributed by atoms with van der Waals surface area (Å²) < 4.78 is 38.6. The van der Waals surface area contributed by atoms with Crippen LogP contribution in [-0.2, 0) is 6.18 Å². The molecular formula is C18H26F3N3. The van der Waals surface area contributed by atoms with Crippen molar-refractivity contribution in [3.63, 3.8) is 0 Å². The molecule has 1 unspecified atom stereocenters. The molecule has 2 saturated heterocycles. The van der Waals surface area contributed by atoms with Gasteiger partial charge >= 0.3 is 6.18 Å². The van der Waals surface area contributed by atoms with Crippen LogP contribution in [0.1, 0.15) is 18.9 Å². The number of anilines is 1. The normalized spacial score (nSPS) is 23.8. The topological polar surface area (TPSA) is 9.72 Å². The molecule has 0 radical (unpaired) electrons. The molecule has 1 aromatic rings. The minimum Gasteiger partial charge on any atom is -0.369 e. The number of benzene rings is 1. The predicted molar refractivity (Wildman–Crippen MR) is 90.3 cm³/mol. The van der Waals surface area contributed by atoms with E-state index in [1.54, 1.807) is 6.07 Å². The van der Waals surface area contributed by atoms with E-state index in [2.05, 4.69) is 21.6 Å². The fourth-order valence-corrected chi connectivity index (χ4v) is 3.78. The first kappa shape index (κ1) is 17.5. The number of hydrogen-bond acceptors (Lipinski definition) is 3. The third-order valence-corrected chi connectivity index (χ3v) is 5.24. The molecule has 0 saturated carbocycles. The van der Waals surface area contributed by atoms with Crippen LogP contribution in [0.25, 0.3) is 0 Å². The van der Waals surface area contributed by atoms with Gasteiger partial charge in [0.25, 0.3) is 0 Å². The van der Waals surface area contributed by atoms with E-state index < -0.39 is 11.7 Å². The van der Waals surface area contributed by atoms with Gasteiger partial charge in [0.15, 0.2) is 0 Å². The van der Waals surface area contributed by atoms with Crippen molar-refractivity contribution in [1.82, 2.24) is 9.80 Å². The minimum absolute atomic E-state index is 0.562. The van der Waals surface area contributed by atoms with Gasteiger partial charge in [0, 0.05) is 45.0 Å². The zero-order valence-electron chi connectivity index (χ0n) is 14.2. The Morgan fingerprint density at radius 1 is 1.04 bits per heavy atom. The van der Waals surface area contributed by atoms with Crippen LogP contribution in [0, 0.1) is 5.92 Å². The first-order valence-corrected chi connectivity index (χ1v) is 8.82. The Bertz CT molecular complexity index is 539. The predicted octanol–water partition coefficient (Wildman–Crippen LogP) is 3.17. The molecule has 0 aromatic heterocycles. The van der Waals surface area contributed by atoms with Crippen LogP contribution in [0.5, 0.6) is 0 Å². The van der Waals surface area contributed by atoms with Crippen molar-refractivity contribution < 1.29 is 13.2 Å². The van der Waals surface area contributed by atoms with E-state index in [0.717, 1.165) is 51.3 Å². The maximum absolute atomic E-state index is 12.9. The van der Waals surface area contributed by atoms with Gasteiger partial charge in [-0.15, -0.1) is 0 Å². The molecule has 6 heteroatoms. The average molecular weight is 341 g/mol. The lowest BCUT2D eigenvalue weighted by molar-refractivity contribution is -0.137. The fraction of sp³-hybridized carbons (Fsp3) is 0.667. The number of hydrogen-bond donors (Lipinski definition) is 0. The summed E-state index contributed by atoms with van der Waals surface area (Å²) in [5.41, 5.74) is 0.121. The van der Waals surface area contributed by atoms with Gasteiger partial charge in [-0.2, -0.15) is 13.2 Å². The number of piperazine rings is 1. The first-order chi connectivity index (χ1) is 11.5. The molecule has 1 aromatic carbocycles. The van der Waals surface area contributed by atoms with E-state index >= 15 is 0 Å². The molecule has 1 atom stereocenters. The van der Waals surface area contributed by atoms with Crippen LogP contribution >= 0.6 is 0 Å². The van der Waals surface area contributed by atoms with Crippen molar-refractivity contribution in [1.29, 1.82) is 0 Å². The van der Waals surface area contributed by atoms with E-state index in [-0.39, 0.29) is 0 Å². The van der Waals surface area contributed by atoms with Gasteiger partial charge in [-0.25, -0.2) is 0 Å². The lowest BCUT2D eigenvalue weighted by Gasteiger charge is -2.37. The summed E-state index contributed by atoms with van der Waals surface area (Å²) in [6, 6.07) is 5.69. The molecule has 0 amide bonds. The van der Waals surface area contributed by atoms with Crippen molar-refractivity contribution in [2.75, 3.05) is 57.3 Å². The number of nitrogens with zero attached hydrogens (tertiary/aromatic N) is 3. The second-order valence-corrected chi connectivity index (χ2v) is 6.88. The molecule has 24 heavy (non-hydrogen) atoms. The fourth-order valence-electron chi connectivity index (χ4n) is 3.78. The molecule has 2 aliphatic rings. The molecule has 3 rings (SSSR count). The molecule has 2 fully saturated rings. The lowest BCUT2D eigenvalue weighted by Crippen LogP contribution is -2.48. The zero-order valence-corrected chi connectivity index (χ0v) is 14.2. The van der Waals surface area contributed by atoms with Gasteiger partial charge in [-0.3, -0.25) is 4.90 Å². The van der Waals surface area contributed by atoms with Crippen LogP contribution in [0.2, 0.25) is 0 Å². The largest absolute Gasteiger partial charge is 0.416 e. The Morgan fingerprint density at radius 3 is 2.42 bits per heavy atom. The van der Waals surface area contributed by atoms with Crippen molar-refractivity contribution in [2.24, 2.45) is 5.92 Å². The quantitative estimate of drug-likeness (QED) is 0.833. The maximum atomic E-state index is 12.9. The number of rotatable bonds is 4. The summed E-state index contributed by atoms with van der Waals surface area (Å²) in [4.78, 5) is 7.02. The van der Waals surface area contributed by atoms with Crippen molar-refractivity contribution in [3.05, 3.63) is 29.8 Å². The van der Waals surface area contributed by atoms with Crippen molar-refractivity contribution >= 4 is 5.69 Å². The second kappa shape index (κ2) is 7.31. The summed E-state index contributed by atoms with van der Waals surface area (Å²) in [6.45, 7) is 10.3. The summed E-state index contributed by atoms with van der Waals surface area (Å²) >= 11 is 0. The zero-order chi connectivity index (χ0) is 17.2. The van der Waals surface area contributed by atoms with Gasteiger partial charge in [-0.05, 0) is 43.6 Å². The summed E-state index contributed by atoms with van der Waals surface area (Å²) in [7, 11) is 0. The first-order valence-electron chi connectivity index (χ1n) is 8.82. The monoisotopic (exact) mass is 341 g/mol. The third kappa shape index (κ3) is 4.22. The molecule has 2 heterocycles. The van der Waals surface area contributed by atoms with E-state index in [4.69, 9.17) is 0 Å². The van der Waals surface area contributed by atoms with Crippen LogP contribution in [0.3, 0.4) is 0 Å².